The van der Waals surface area contributed by atoms with Gasteiger partial charge in [-0.2, -0.15) is 5.10 Å². The zero-order valence-electron chi connectivity index (χ0n) is 16.0. The molecule has 2 aromatic rings. The molecule has 1 aromatic carbocycles. The molecular weight excluding hydrogens is 350 g/mol. The first-order valence-corrected chi connectivity index (χ1v) is 8.58. The highest BCUT2D eigenvalue weighted by atomic mass is 16.5. The van der Waals surface area contributed by atoms with Gasteiger partial charge in [0.05, 0.1) is 32.2 Å². The minimum Gasteiger partial charge on any atom is -0.497 e. The molecule has 0 radical (unpaired) electrons. The van der Waals surface area contributed by atoms with E-state index in [0.717, 1.165) is 28.4 Å². The Hall–Kier alpha value is -2.87. The molecule has 1 heterocycles. The van der Waals surface area contributed by atoms with Crippen molar-refractivity contribution in [2.24, 2.45) is 0 Å². The maximum Gasteiger partial charge on any atom is 0.330 e. The normalized spacial score (nSPS) is 11.7. The Morgan fingerprint density at radius 3 is 2.67 bits per heavy atom. The maximum atomic E-state index is 12.1. The lowest BCUT2D eigenvalue weighted by atomic mass is 10.1. The van der Waals surface area contributed by atoms with Crippen molar-refractivity contribution < 1.29 is 24.2 Å². The lowest BCUT2D eigenvalue weighted by molar-refractivity contribution is -0.146. The van der Waals surface area contributed by atoms with E-state index < -0.39 is 18.6 Å². The topological polar surface area (TPSA) is 103 Å². The summed E-state index contributed by atoms with van der Waals surface area (Å²) >= 11 is 0. The van der Waals surface area contributed by atoms with E-state index in [1.165, 1.54) is 7.11 Å². The molecule has 0 fully saturated rings. The minimum absolute atomic E-state index is 0.166. The van der Waals surface area contributed by atoms with Crippen LogP contribution in [0.25, 0.3) is 5.69 Å². The summed E-state index contributed by atoms with van der Waals surface area (Å²) < 4.78 is 11.6. The molecule has 0 unspecified atom stereocenters. The van der Waals surface area contributed by atoms with Crippen LogP contribution in [0.4, 0.5) is 0 Å². The van der Waals surface area contributed by atoms with E-state index >= 15 is 0 Å². The number of methoxy groups -OCH3 is 2. The Kier molecular flexibility index (Phi) is 6.95. The summed E-state index contributed by atoms with van der Waals surface area (Å²) in [5.41, 5.74) is 3.60. The number of hydrogen-bond donors (Lipinski definition) is 2. The molecule has 0 saturated heterocycles. The van der Waals surface area contributed by atoms with Crippen molar-refractivity contribution in [3.05, 3.63) is 41.2 Å². The third kappa shape index (κ3) is 4.85. The molecule has 2 rings (SSSR count). The van der Waals surface area contributed by atoms with Crippen LogP contribution in [0.3, 0.4) is 0 Å². The van der Waals surface area contributed by atoms with Crippen LogP contribution in [0.2, 0.25) is 0 Å². The quantitative estimate of drug-likeness (QED) is 0.670. The molecule has 0 bridgehead atoms. The first-order chi connectivity index (χ1) is 12.9. The van der Waals surface area contributed by atoms with Gasteiger partial charge in [0.2, 0.25) is 5.91 Å². The smallest absolute Gasteiger partial charge is 0.330 e. The van der Waals surface area contributed by atoms with E-state index in [9.17, 15) is 14.7 Å². The van der Waals surface area contributed by atoms with E-state index in [0.29, 0.717) is 6.42 Å². The fourth-order valence-electron chi connectivity index (χ4n) is 2.86. The van der Waals surface area contributed by atoms with Crippen molar-refractivity contribution in [2.45, 2.75) is 32.7 Å². The number of aliphatic hydroxyl groups is 1. The van der Waals surface area contributed by atoms with Crippen LogP contribution in [-0.2, 0) is 20.7 Å². The second-order valence-corrected chi connectivity index (χ2v) is 6.09. The van der Waals surface area contributed by atoms with Gasteiger partial charge in [-0.05, 0) is 38.0 Å². The standard InChI is InChI=1S/C19H25N3O5/c1-12-16(8-9-18(24)20-17(11-23)19(25)27-4)13(2)22(21-12)14-6-5-7-15(10-14)26-3/h5-7,10,17,23H,8-9,11H2,1-4H3,(H,20,24)/t17-/m1/s1. The van der Waals surface area contributed by atoms with Gasteiger partial charge in [0.25, 0.3) is 0 Å². The Morgan fingerprint density at radius 2 is 2.04 bits per heavy atom. The monoisotopic (exact) mass is 375 g/mol. The van der Waals surface area contributed by atoms with Crippen LogP contribution in [0.15, 0.2) is 24.3 Å². The van der Waals surface area contributed by atoms with Crippen LogP contribution < -0.4 is 10.1 Å². The average molecular weight is 375 g/mol. The number of nitrogens with zero attached hydrogens (tertiary/aromatic N) is 2. The number of hydrogen-bond acceptors (Lipinski definition) is 6. The molecule has 8 heteroatoms. The molecule has 0 aliphatic rings. The van der Waals surface area contributed by atoms with Crippen molar-refractivity contribution in [2.75, 3.05) is 20.8 Å². The molecule has 146 valence electrons. The summed E-state index contributed by atoms with van der Waals surface area (Å²) in [7, 11) is 2.81. The van der Waals surface area contributed by atoms with Gasteiger partial charge in [-0.1, -0.05) is 6.07 Å². The molecule has 1 atom stereocenters. The molecule has 2 N–H and O–H groups in total. The Labute approximate surface area is 158 Å². The van der Waals surface area contributed by atoms with Crippen molar-refractivity contribution in [1.82, 2.24) is 15.1 Å². The van der Waals surface area contributed by atoms with Gasteiger partial charge in [-0.3, -0.25) is 4.79 Å². The molecule has 0 spiro atoms. The summed E-state index contributed by atoms with van der Waals surface area (Å²) in [5.74, 6) is -0.282. The van der Waals surface area contributed by atoms with Gasteiger partial charge >= 0.3 is 5.97 Å². The lowest BCUT2D eigenvalue weighted by Crippen LogP contribution is -2.44. The number of carbonyl (C=O) groups is 2. The second kappa shape index (κ2) is 9.18. The summed E-state index contributed by atoms with van der Waals surface area (Å²) in [6.07, 6.45) is 0.631. The number of rotatable bonds is 8. The summed E-state index contributed by atoms with van der Waals surface area (Å²) in [4.78, 5) is 23.6. The highest BCUT2D eigenvalue weighted by Crippen LogP contribution is 2.22. The molecule has 0 saturated carbocycles. The van der Waals surface area contributed by atoms with Gasteiger partial charge in [-0.25, -0.2) is 9.48 Å². The van der Waals surface area contributed by atoms with Crippen molar-refractivity contribution in [3.8, 4) is 11.4 Å². The highest BCUT2D eigenvalue weighted by Gasteiger charge is 2.21. The minimum atomic E-state index is -1.05. The Balaban J connectivity index is 2.10. The highest BCUT2D eigenvalue weighted by molar-refractivity contribution is 5.84. The van der Waals surface area contributed by atoms with Gasteiger partial charge in [0, 0.05) is 18.2 Å². The van der Waals surface area contributed by atoms with Gasteiger partial charge in [0.15, 0.2) is 6.04 Å². The summed E-state index contributed by atoms with van der Waals surface area (Å²) in [5, 5.41) is 16.2. The fourth-order valence-corrected chi connectivity index (χ4v) is 2.86. The van der Waals surface area contributed by atoms with E-state index in [4.69, 9.17) is 4.74 Å². The molecule has 1 aromatic heterocycles. The van der Waals surface area contributed by atoms with Gasteiger partial charge < -0.3 is 19.9 Å². The van der Waals surface area contributed by atoms with Crippen LogP contribution in [0.5, 0.6) is 5.75 Å². The first kappa shape index (κ1) is 20.4. The number of amides is 1. The largest absolute Gasteiger partial charge is 0.497 e. The molecule has 8 nitrogen and oxygen atoms in total. The number of esters is 1. The zero-order valence-corrected chi connectivity index (χ0v) is 16.0. The van der Waals surface area contributed by atoms with Crippen LogP contribution >= 0.6 is 0 Å². The van der Waals surface area contributed by atoms with Crippen molar-refractivity contribution in [3.63, 3.8) is 0 Å². The fraction of sp³-hybridized carbons (Fsp3) is 0.421. The van der Waals surface area contributed by atoms with Crippen molar-refractivity contribution in [1.29, 1.82) is 0 Å². The number of benzene rings is 1. The predicted octanol–water partition coefficient (Wildman–Crippen LogP) is 1.08. The Bertz CT molecular complexity index is 816. The first-order valence-electron chi connectivity index (χ1n) is 8.58. The third-order valence-corrected chi connectivity index (χ3v) is 4.34. The zero-order chi connectivity index (χ0) is 20.0. The predicted molar refractivity (Wildman–Crippen MR) is 98.9 cm³/mol. The van der Waals surface area contributed by atoms with Crippen LogP contribution in [0, 0.1) is 13.8 Å². The number of aliphatic hydroxyl groups excluding tert-OH is 1. The molecule has 0 aliphatic carbocycles. The number of nitrogens with one attached hydrogen (secondary N) is 1. The van der Waals surface area contributed by atoms with E-state index in [1.807, 2.05) is 42.8 Å². The molecule has 0 aliphatic heterocycles. The second-order valence-electron chi connectivity index (χ2n) is 6.09. The summed E-state index contributed by atoms with van der Waals surface area (Å²) in [6, 6.07) is 6.52. The molecule has 27 heavy (non-hydrogen) atoms. The summed E-state index contributed by atoms with van der Waals surface area (Å²) in [6.45, 7) is 3.32. The van der Waals surface area contributed by atoms with Crippen LogP contribution in [0.1, 0.15) is 23.4 Å². The number of carbonyl (C=O) groups excluding carboxylic acids is 2. The Morgan fingerprint density at radius 1 is 1.30 bits per heavy atom. The number of aromatic nitrogens is 2. The van der Waals surface area contributed by atoms with Gasteiger partial charge in [-0.15, -0.1) is 0 Å². The van der Waals surface area contributed by atoms with E-state index in [2.05, 4.69) is 15.2 Å². The number of aryl methyl sites for hydroxylation is 1. The van der Waals surface area contributed by atoms with Gasteiger partial charge in [0.1, 0.15) is 5.75 Å². The van der Waals surface area contributed by atoms with E-state index in [1.54, 1.807) is 7.11 Å². The molecule has 1 amide bonds. The third-order valence-electron chi connectivity index (χ3n) is 4.34. The van der Waals surface area contributed by atoms with Crippen molar-refractivity contribution >= 4 is 11.9 Å². The SMILES string of the molecule is COC(=O)[C@@H](CO)NC(=O)CCc1c(C)nn(-c2cccc(OC)c2)c1C. The van der Waals surface area contributed by atoms with E-state index in [-0.39, 0.29) is 12.3 Å². The number of ether oxygens (including phenoxy) is 2. The average Bonchev–Trinajstić information content (AvgIpc) is 2.97. The van der Waals surface area contributed by atoms with Crippen LogP contribution in [-0.4, -0.2) is 53.6 Å². The molecular formula is C19H25N3O5. The lowest BCUT2D eigenvalue weighted by Gasteiger charge is -2.13. The maximum absolute atomic E-state index is 12.1.